The van der Waals surface area contributed by atoms with Crippen molar-refractivity contribution in [3.05, 3.63) is 0 Å². The van der Waals surface area contributed by atoms with E-state index in [2.05, 4.69) is 19.2 Å². The predicted octanol–water partition coefficient (Wildman–Crippen LogP) is 6.52. The molecule has 1 amide bonds. The van der Waals surface area contributed by atoms with Crippen molar-refractivity contribution in [3.63, 3.8) is 0 Å². The highest BCUT2D eigenvalue weighted by Gasteiger charge is 2.59. The van der Waals surface area contributed by atoms with Crippen molar-refractivity contribution >= 4 is 11.9 Å². The number of rotatable bonds is 5. The molecule has 0 aromatic rings. The molecule has 1 N–H and O–H groups in total. The van der Waals surface area contributed by atoms with Gasteiger partial charge in [0.15, 0.2) is 0 Å². The number of ether oxygens (including phenoxy) is 1. The lowest BCUT2D eigenvalue weighted by Gasteiger charge is -2.61. The number of carbonyl (C=O) groups excluding carboxylic acids is 2. The second kappa shape index (κ2) is 10.5. The Kier molecular flexibility index (Phi) is 8.36. The smallest absolute Gasteiger partial charge is 0.305 e. The van der Waals surface area contributed by atoms with Gasteiger partial charge in [0.1, 0.15) is 0 Å². The summed E-state index contributed by atoms with van der Waals surface area (Å²) < 4.78 is 4.85. The van der Waals surface area contributed by atoms with Gasteiger partial charge in [0, 0.05) is 19.4 Å². The van der Waals surface area contributed by atoms with Crippen LogP contribution >= 0.6 is 0 Å². The third-order valence-corrected chi connectivity index (χ3v) is 10.4. The second-order valence-electron chi connectivity index (χ2n) is 11.6. The Morgan fingerprint density at radius 2 is 1.62 bits per heavy atom. The SMILES string of the molecule is CC.COC(=O)CCCC1CCC2C3CCC4CC(NC(C)=O)CCC4(C)C3CCC12C. The van der Waals surface area contributed by atoms with Gasteiger partial charge in [0.2, 0.25) is 5.91 Å². The van der Waals surface area contributed by atoms with Gasteiger partial charge in [-0.2, -0.15) is 0 Å². The standard InChI is InChI=1S/C26H43NO3.C2H6/c1-17(28)27-20-12-14-26(3)19(16-20)8-10-21-22-11-9-18(6-5-7-24(29)30-4)25(22,2)15-13-23(21)26;1-2/h18-23H,5-16H2,1-4H3,(H,27,28);1-2H3. The summed E-state index contributed by atoms with van der Waals surface area (Å²) in [4.78, 5) is 23.1. The van der Waals surface area contributed by atoms with Crippen molar-refractivity contribution in [1.29, 1.82) is 0 Å². The molecule has 184 valence electrons. The van der Waals surface area contributed by atoms with Gasteiger partial charge in [0.05, 0.1) is 7.11 Å². The topological polar surface area (TPSA) is 55.4 Å². The van der Waals surface area contributed by atoms with Gasteiger partial charge in [-0.15, -0.1) is 0 Å². The van der Waals surface area contributed by atoms with Crippen molar-refractivity contribution in [2.45, 2.75) is 118 Å². The van der Waals surface area contributed by atoms with Crippen LogP contribution in [-0.2, 0) is 14.3 Å². The Labute approximate surface area is 197 Å². The Bertz CT molecular complexity index is 663. The first-order chi connectivity index (χ1) is 15.3. The number of fused-ring (bicyclic) bond motifs is 5. The number of amides is 1. The molecule has 8 unspecified atom stereocenters. The molecule has 4 rings (SSSR count). The number of hydrogen-bond donors (Lipinski definition) is 1. The van der Waals surface area contributed by atoms with Crippen LogP contribution in [0.4, 0.5) is 0 Å². The third-order valence-electron chi connectivity index (χ3n) is 10.4. The van der Waals surface area contributed by atoms with Gasteiger partial charge in [-0.3, -0.25) is 9.59 Å². The van der Waals surface area contributed by atoms with Crippen LogP contribution in [0, 0.1) is 40.4 Å². The Hall–Kier alpha value is -1.06. The van der Waals surface area contributed by atoms with E-state index in [4.69, 9.17) is 4.74 Å². The van der Waals surface area contributed by atoms with E-state index in [9.17, 15) is 9.59 Å². The lowest BCUT2D eigenvalue weighted by molar-refractivity contribution is -0.141. The average Bonchev–Trinajstić information content (AvgIpc) is 3.11. The van der Waals surface area contributed by atoms with Crippen LogP contribution in [-0.4, -0.2) is 25.0 Å². The summed E-state index contributed by atoms with van der Waals surface area (Å²) >= 11 is 0. The van der Waals surface area contributed by atoms with Gasteiger partial charge in [0.25, 0.3) is 0 Å². The van der Waals surface area contributed by atoms with E-state index in [0.29, 0.717) is 23.3 Å². The minimum Gasteiger partial charge on any atom is -0.469 e. The molecule has 0 aliphatic heterocycles. The lowest BCUT2D eigenvalue weighted by Crippen LogP contribution is -2.55. The van der Waals surface area contributed by atoms with Crippen molar-refractivity contribution < 1.29 is 14.3 Å². The summed E-state index contributed by atoms with van der Waals surface area (Å²) in [5.74, 6) is 4.30. The van der Waals surface area contributed by atoms with E-state index in [-0.39, 0.29) is 11.9 Å². The molecule has 4 fully saturated rings. The Balaban J connectivity index is 0.00000141. The molecular weight excluding hydrogens is 398 g/mol. The monoisotopic (exact) mass is 447 g/mol. The zero-order chi connectivity index (χ0) is 23.5. The molecule has 32 heavy (non-hydrogen) atoms. The highest BCUT2D eigenvalue weighted by molar-refractivity contribution is 5.73. The normalized spacial score (nSPS) is 42.4. The van der Waals surface area contributed by atoms with Crippen molar-refractivity contribution in [3.8, 4) is 0 Å². The number of carbonyl (C=O) groups is 2. The van der Waals surface area contributed by atoms with Gasteiger partial charge >= 0.3 is 5.97 Å². The zero-order valence-corrected chi connectivity index (χ0v) is 21.7. The fourth-order valence-corrected chi connectivity index (χ4v) is 8.85. The van der Waals surface area contributed by atoms with Crippen LogP contribution in [0.2, 0.25) is 0 Å². The van der Waals surface area contributed by atoms with Gasteiger partial charge in [-0.05, 0) is 111 Å². The Morgan fingerprint density at radius 1 is 0.938 bits per heavy atom. The van der Waals surface area contributed by atoms with Crippen LogP contribution in [0.1, 0.15) is 112 Å². The molecule has 0 spiro atoms. The highest BCUT2D eigenvalue weighted by Crippen LogP contribution is 2.67. The van der Waals surface area contributed by atoms with Crippen LogP contribution in [0.3, 0.4) is 0 Å². The molecule has 4 aliphatic carbocycles. The van der Waals surface area contributed by atoms with E-state index in [1.807, 2.05) is 13.8 Å². The van der Waals surface area contributed by atoms with Gasteiger partial charge < -0.3 is 10.1 Å². The summed E-state index contributed by atoms with van der Waals surface area (Å²) in [6.45, 7) is 10.9. The Morgan fingerprint density at radius 3 is 2.31 bits per heavy atom. The minimum absolute atomic E-state index is 0.0560. The molecule has 4 saturated carbocycles. The van der Waals surface area contributed by atoms with Gasteiger partial charge in [-0.25, -0.2) is 0 Å². The van der Waals surface area contributed by atoms with Crippen molar-refractivity contribution in [1.82, 2.24) is 5.32 Å². The summed E-state index contributed by atoms with van der Waals surface area (Å²) in [7, 11) is 1.50. The largest absolute Gasteiger partial charge is 0.469 e. The fraction of sp³-hybridized carbons (Fsp3) is 0.929. The molecule has 4 heteroatoms. The summed E-state index contributed by atoms with van der Waals surface area (Å²) in [5.41, 5.74) is 0.954. The molecule has 0 aromatic heterocycles. The van der Waals surface area contributed by atoms with Crippen LogP contribution in [0.15, 0.2) is 0 Å². The summed E-state index contributed by atoms with van der Waals surface area (Å²) in [5, 5.41) is 3.21. The average molecular weight is 448 g/mol. The molecule has 0 radical (unpaired) electrons. The molecular formula is C28H49NO3. The second-order valence-corrected chi connectivity index (χ2v) is 11.6. The quantitative estimate of drug-likeness (QED) is 0.488. The summed E-state index contributed by atoms with van der Waals surface area (Å²) in [6.07, 6.45) is 14.7. The number of esters is 1. The van der Waals surface area contributed by atoms with Gasteiger partial charge in [-0.1, -0.05) is 27.7 Å². The van der Waals surface area contributed by atoms with Crippen LogP contribution in [0.25, 0.3) is 0 Å². The third kappa shape index (κ3) is 4.75. The molecule has 0 bridgehead atoms. The maximum absolute atomic E-state index is 11.6. The highest BCUT2D eigenvalue weighted by atomic mass is 16.5. The van der Waals surface area contributed by atoms with E-state index in [1.54, 1.807) is 6.92 Å². The predicted molar refractivity (Wildman–Crippen MR) is 130 cm³/mol. The fourth-order valence-electron chi connectivity index (χ4n) is 8.85. The molecule has 0 heterocycles. The van der Waals surface area contributed by atoms with E-state index >= 15 is 0 Å². The first-order valence-electron chi connectivity index (χ1n) is 13.6. The maximum atomic E-state index is 11.6. The first kappa shape index (κ1) is 25.6. The molecule has 0 saturated heterocycles. The molecule has 0 aromatic carbocycles. The maximum Gasteiger partial charge on any atom is 0.305 e. The summed E-state index contributed by atoms with van der Waals surface area (Å²) in [6, 6.07) is 0.400. The van der Waals surface area contributed by atoms with Crippen molar-refractivity contribution in [2.75, 3.05) is 7.11 Å². The number of nitrogens with one attached hydrogen (secondary N) is 1. The van der Waals surface area contributed by atoms with E-state index in [1.165, 1.54) is 64.9 Å². The molecule has 4 nitrogen and oxygen atoms in total. The van der Waals surface area contributed by atoms with E-state index in [0.717, 1.165) is 42.4 Å². The van der Waals surface area contributed by atoms with Crippen LogP contribution < -0.4 is 5.32 Å². The minimum atomic E-state index is -0.0560. The number of hydrogen-bond acceptors (Lipinski definition) is 3. The molecule has 8 atom stereocenters. The number of methoxy groups -OCH3 is 1. The van der Waals surface area contributed by atoms with Crippen LogP contribution in [0.5, 0.6) is 0 Å². The molecule has 4 aliphatic rings. The van der Waals surface area contributed by atoms with Crippen molar-refractivity contribution in [2.24, 2.45) is 40.4 Å². The first-order valence-corrected chi connectivity index (χ1v) is 13.6. The van der Waals surface area contributed by atoms with E-state index < -0.39 is 0 Å². The zero-order valence-electron chi connectivity index (χ0n) is 21.7. The lowest BCUT2D eigenvalue weighted by atomic mass is 9.44.